The predicted octanol–water partition coefficient (Wildman–Crippen LogP) is 0.507. The maximum atomic E-state index is 12.1. The number of carbonyl (C=O) groups excluding carboxylic acids is 1. The lowest BCUT2D eigenvalue weighted by Gasteiger charge is -2.23. The van der Waals surface area contributed by atoms with E-state index >= 15 is 0 Å². The number of carbonyl (C=O) groups is 1. The van der Waals surface area contributed by atoms with Crippen molar-refractivity contribution in [2.45, 2.75) is 45.2 Å². The Morgan fingerprint density at radius 1 is 1.40 bits per heavy atom. The Morgan fingerprint density at radius 2 is 2.00 bits per heavy atom. The van der Waals surface area contributed by atoms with Crippen LogP contribution in [0.2, 0.25) is 0 Å². The van der Waals surface area contributed by atoms with Gasteiger partial charge in [0.25, 0.3) is 10.0 Å². The van der Waals surface area contributed by atoms with Crippen molar-refractivity contribution in [3.05, 3.63) is 12.0 Å². The van der Waals surface area contributed by atoms with E-state index in [1.165, 1.54) is 13.1 Å². The standard InChI is InChI=1S/C12H22N4O3S/c1-5-10-13-8-11(14-10)20(18,19)15-9(4)12(17)16(6-2)7-3/h8-9,15H,5-7H2,1-4H3,(H,13,14). The van der Waals surface area contributed by atoms with Gasteiger partial charge >= 0.3 is 0 Å². The zero-order chi connectivity index (χ0) is 15.3. The fourth-order valence-electron chi connectivity index (χ4n) is 1.82. The van der Waals surface area contributed by atoms with Crippen molar-refractivity contribution in [1.29, 1.82) is 0 Å². The Balaban J connectivity index is 2.82. The lowest BCUT2D eigenvalue weighted by Crippen LogP contribution is -2.46. The highest BCUT2D eigenvalue weighted by atomic mass is 32.2. The average molecular weight is 302 g/mol. The van der Waals surface area contributed by atoms with Crippen LogP contribution in [0.15, 0.2) is 11.2 Å². The van der Waals surface area contributed by atoms with Crippen LogP contribution in [0, 0.1) is 0 Å². The Kier molecular flexibility index (Phi) is 5.70. The fourth-order valence-corrected chi connectivity index (χ4v) is 2.95. The molecule has 0 aliphatic carbocycles. The number of sulfonamides is 1. The minimum absolute atomic E-state index is 0.0199. The summed E-state index contributed by atoms with van der Waals surface area (Å²) in [5.41, 5.74) is 0. The molecule has 114 valence electrons. The number of nitrogens with zero attached hydrogens (tertiary/aromatic N) is 2. The highest BCUT2D eigenvalue weighted by molar-refractivity contribution is 7.89. The number of imidazole rings is 1. The molecule has 0 spiro atoms. The van der Waals surface area contributed by atoms with E-state index in [1.54, 1.807) is 4.90 Å². The molecule has 0 fully saturated rings. The van der Waals surface area contributed by atoms with Crippen molar-refractivity contribution in [3.63, 3.8) is 0 Å². The summed E-state index contributed by atoms with van der Waals surface area (Å²) in [6.45, 7) is 8.21. The number of amides is 1. The molecular weight excluding hydrogens is 280 g/mol. The smallest absolute Gasteiger partial charge is 0.258 e. The molecule has 1 unspecified atom stereocenters. The van der Waals surface area contributed by atoms with Crippen molar-refractivity contribution in [2.75, 3.05) is 13.1 Å². The topological polar surface area (TPSA) is 95.2 Å². The van der Waals surface area contributed by atoms with Gasteiger partial charge in [0.05, 0.1) is 12.2 Å². The summed E-state index contributed by atoms with van der Waals surface area (Å²) in [7, 11) is -3.76. The molecule has 1 heterocycles. The molecule has 1 aromatic rings. The van der Waals surface area contributed by atoms with Crippen molar-refractivity contribution < 1.29 is 13.2 Å². The first-order valence-corrected chi connectivity index (χ1v) is 8.18. The molecule has 8 heteroatoms. The van der Waals surface area contributed by atoms with E-state index in [4.69, 9.17) is 0 Å². The Labute approximate surface area is 119 Å². The largest absolute Gasteiger partial charge is 0.342 e. The van der Waals surface area contributed by atoms with Gasteiger partial charge in [-0.1, -0.05) is 6.92 Å². The Hall–Kier alpha value is -1.41. The van der Waals surface area contributed by atoms with Gasteiger partial charge in [0.15, 0.2) is 5.03 Å². The van der Waals surface area contributed by atoms with Crippen LogP contribution in [0.5, 0.6) is 0 Å². The maximum absolute atomic E-state index is 12.1. The minimum Gasteiger partial charge on any atom is -0.342 e. The van der Waals surface area contributed by atoms with Gasteiger partial charge in [-0.2, -0.15) is 4.72 Å². The highest BCUT2D eigenvalue weighted by Gasteiger charge is 2.25. The van der Waals surface area contributed by atoms with E-state index in [2.05, 4.69) is 14.7 Å². The van der Waals surface area contributed by atoms with E-state index in [-0.39, 0.29) is 10.9 Å². The second-order valence-electron chi connectivity index (χ2n) is 4.40. The Bertz CT molecular complexity index is 549. The fraction of sp³-hybridized carbons (Fsp3) is 0.667. The number of nitrogens with one attached hydrogen (secondary N) is 2. The van der Waals surface area contributed by atoms with Crippen LogP contribution in [0.3, 0.4) is 0 Å². The molecule has 1 atom stereocenters. The molecule has 0 saturated heterocycles. The molecule has 1 aromatic heterocycles. The molecule has 0 aliphatic rings. The first-order chi connectivity index (χ1) is 9.35. The number of H-pyrrole nitrogens is 1. The molecule has 0 aromatic carbocycles. The Morgan fingerprint density at radius 3 is 2.45 bits per heavy atom. The third-order valence-corrected chi connectivity index (χ3v) is 4.46. The SMILES string of the molecule is CCc1ncc(S(=O)(=O)NC(C)C(=O)N(CC)CC)[nH]1. The molecule has 1 rings (SSSR count). The number of rotatable bonds is 7. The zero-order valence-electron chi connectivity index (χ0n) is 12.3. The van der Waals surface area contributed by atoms with Crippen LogP contribution in [0.1, 0.15) is 33.5 Å². The van der Waals surface area contributed by atoms with E-state index in [1.807, 2.05) is 20.8 Å². The molecule has 1 amide bonds. The number of aryl methyl sites for hydroxylation is 1. The van der Waals surface area contributed by atoms with Crippen LogP contribution < -0.4 is 4.72 Å². The molecule has 0 aliphatic heterocycles. The van der Waals surface area contributed by atoms with Gasteiger partial charge in [0.2, 0.25) is 5.91 Å². The summed E-state index contributed by atoms with van der Waals surface area (Å²) >= 11 is 0. The van der Waals surface area contributed by atoms with Gasteiger partial charge in [0.1, 0.15) is 5.82 Å². The van der Waals surface area contributed by atoms with Crippen LogP contribution in [0.25, 0.3) is 0 Å². The lowest BCUT2D eigenvalue weighted by molar-refractivity contribution is -0.132. The molecule has 7 nitrogen and oxygen atoms in total. The summed E-state index contributed by atoms with van der Waals surface area (Å²) < 4.78 is 26.6. The van der Waals surface area contributed by atoms with Crippen LogP contribution in [-0.2, 0) is 21.2 Å². The molecule has 20 heavy (non-hydrogen) atoms. The molecule has 0 bridgehead atoms. The lowest BCUT2D eigenvalue weighted by atomic mass is 10.3. The van der Waals surface area contributed by atoms with Crippen molar-refractivity contribution >= 4 is 15.9 Å². The predicted molar refractivity (Wildman–Crippen MR) is 75.7 cm³/mol. The van der Waals surface area contributed by atoms with E-state index < -0.39 is 16.1 Å². The van der Waals surface area contributed by atoms with E-state index in [9.17, 15) is 13.2 Å². The van der Waals surface area contributed by atoms with Gasteiger partial charge in [-0.25, -0.2) is 13.4 Å². The van der Waals surface area contributed by atoms with Gasteiger partial charge < -0.3 is 9.88 Å². The second-order valence-corrected chi connectivity index (χ2v) is 6.08. The normalized spacial score (nSPS) is 13.2. The minimum atomic E-state index is -3.76. The second kappa shape index (κ2) is 6.85. The number of likely N-dealkylation sites (N-methyl/N-ethyl adjacent to an activating group) is 1. The first kappa shape index (κ1) is 16.6. The summed E-state index contributed by atoms with van der Waals surface area (Å²) in [5.74, 6) is 0.349. The zero-order valence-corrected chi connectivity index (χ0v) is 13.1. The van der Waals surface area contributed by atoms with Crippen molar-refractivity contribution in [1.82, 2.24) is 19.6 Å². The number of hydrogen-bond donors (Lipinski definition) is 2. The average Bonchev–Trinajstić information content (AvgIpc) is 2.89. The molecule has 0 radical (unpaired) electrons. The van der Waals surface area contributed by atoms with Crippen LogP contribution in [0.4, 0.5) is 0 Å². The summed E-state index contributed by atoms with van der Waals surface area (Å²) in [6.07, 6.45) is 1.87. The third kappa shape index (κ3) is 3.80. The first-order valence-electron chi connectivity index (χ1n) is 6.70. The van der Waals surface area contributed by atoms with Gasteiger partial charge in [0, 0.05) is 19.5 Å². The van der Waals surface area contributed by atoms with Crippen LogP contribution >= 0.6 is 0 Å². The van der Waals surface area contributed by atoms with E-state index in [0.29, 0.717) is 25.3 Å². The summed E-state index contributed by atoms with van der Waals surface area (Å²) in [4.78, 5) is 20.3. The van der Waals surface area contributed by atoms with Gasteiger partial charge in [-0.05, 0) is 20.8 Å². The molecular formula is C12H22N4O3S. The molecule has 0 saturated carbocycles. The van der Waals surface area contributed by atoms with Crippen molar-refractivity contribution in [3.8, 4) is 0 Å². The highest BCUT2D eigenvalue weighted by Crippen LogP contribution is 2.07. The van der Waals surface area contributed by atoms with Gasteiger partial charge in [-0.3, -0.25) is 4.79 Å². The summed E-state index contributed by atoms with van der Waals surface area (Å²) in [6, 6.07) is -0.812. The van der Waals surface area contributed by atoms with E-state index in [0.717, 1.165) is 0 Å². The molecule has 2 N–H and O–H groups in total. The maximum Gasteiger partial charge on any atom is 0.258 e. The van der Waals surface area contributed by atoms with Crippen molar-refractivity contribution in [2.24, 2.45) is 0 Å². The summed E-state index contributed by atoms with van der Waals surface area (Å²) in [5, 5.41) is -0.0199. The number of hydrogen-bond acceptors (Lipinski definition) is 4. The quantitative estimate of drug-likeness (QED) is 0.767. The number of aromatic nitrogens is 2. The third-order valence-electron chi connectivity index (χ3n) is 3.01. The monoisotopic (exact) mass is 302 g/mol. The van der Waals surface area contributed by atoms with Crippen LogP contribution in [-0.4, -0.2) is 48.3 Å². The van der Waals surface area contributed by atoms with Gasteiger partial charge in [-0.15, -0.1) is 0 Å². The number of aromatic amines is 1.